The molecule has 0 bridgehead atoms. The van der Waals surface area contributed by atoms with Crippen molar-refractivity contribution in [2.24, 2.45) is 5.73 Å². The van der Waals surface area contributed by atoms with Gasteiger partial charge in [0.15, 0.2) is 0 Å². The van der Waals surface area contributed by atoms with Crippen LogP contribution in [0.1, 0.15) is 42.0 Å². The van der Waals surface area contributed by atoms with E-state index in [1.165, 1.54) is 12.1 Å². The summed E-state index contributed by atoms with van der Waals surface area (Å²) in [7, 11) is 0. The van der Waals surface area contributed by atoms with Crippen LogP contribution in [-0.4, -0.2) is 18.5 Å². The molecule has 2 rings (SSSR count). The molecule has 0 atom stereocenters. The zero-order chi connectivity index (χ0) is 18.9. The SMILES string of the molecule is CCOC(=O)CCc1cc(CCC(N)=O)cc(Cc2cccc(F)c2)c1. The molecule has 1 amide bonds. The lowest BCUT2D eigenvalue weighted by Crippen LogP contribution is -2.11. The Morgan fingerprint density at radius 2 is 1.62 bits per heavy atom. The normalized spacial score (nSPS) is 10.5. The van der Waals surface area contributed by atoms with Gasteiger partial charge in [0.05, 0.1) is 6.61 Å². The molecule has 2 aromatic rings. The van der Waals surface area contributed by atoms with Gasteiger partial charge in [-0.2, -0.15) is 0 Å². The molecule has 0 saturated carbocycles. The maximum absolute atomic E-state index is 13.4. The smallest absolute Gasteiger partial charge is 0.306 e. The number of carbonyl (C=O) groups excluding carboxylic acids is 2. The standard InChI is InChI=1S/C21H24FNO3/c1-2-26-21(25)9-7-17-10-16(6-8-20(23)24)12-18(13-17)11-15-4-3-5-19(22)14-15/h3-5,10,12-14H,2,6-9,11H2,1H3,(H2,23,24). The Hall–Kier alpha value is -2.69. The molecule has 0 aliphatic rings. The average molecular weight is 357 g/mol. The summed E-state index contributed by atoms with van der Waals surface area (Å²) in [5.74, 6) is -0.856. The molecule has 0 fully saturated rings. The molecule has 0 saturated heterocycles. The minimum absolute atomic E-state index is 0.235. The van der Waals surface area contributed by atoms with Gasteiger partial charge in [0, 0.05) is 12.8 Å². The topological polar surface area (TPSA) is 69.4 Å². The van der Waals surface area contributed by atoms with Crippen molar-refractivity contribution < 1.29 is 18.7 Å². The first-order chi connectivity index (χ1) is 12.5. The fraction of sp³-hybridized carbons (Fsp3) is 0.333. The van der Waals surface area contributed by atoms with E-state index >= 15 is 0 Å². The van der Waals surface area contributed by atoms with E-state index in [1.807, 2.05) is 24.3 Å². The molecule has 2 N–H and O–H groups in total. The maximum Gasteiger partial charge on any atom is 0.306 e. The maximum atomic E-state index is 13.4. The van der Waals surface area contributed by atoms with Crippen LogP contribution < -0.4 is 5.73 Å². The molecule has 0 unspecified atom stereocenters. The van der Waals surface area contributed by atoms with Crippen molar-refractivity contribution in [2.75, 3.05) is 6.61 Å². The van der Waals surface area contributed by atoms with Crippen LogP contribution in [-0.2, 0) is 33.6 Å². The summed E-state index contributed by atoms with van der Waals surface area (Å²) in [6.45, 7) is 2.14. The third-order valence-electron chi connectivity index (χ3n) is 3.99. The van der Waals surface area contributed by atoms with Crippen molar-refractivity contribution in [2.45, 2.75) is 39.0 Å². The Kier molecular flexibility index (Phi) is 7.33. The van der Waals surface area contributed by atoms with Gasteiger partial charge >= 0.3 is 5.97 Å². The zero-order valence-corrected chi connectivity index (χ0v) is 15.0. The van der Waals surface area contributed by atoms with E-state index in [1.54, 1.807) is 13.0 Å². The van der Waals surface area contributed by atoms with Crippen molar-refractivity contribution in [1.82, 2.24) is 0 Å². The van der Waals surface area contributed by atoms with Crippen molar-refractivity contribution in [3.8, 4) is 0 Å². The fourth-order valence-electron chi connectivity index (χ4n) is 2.86. The predicted octanol–water partition coefficient (Wildman–Crippen LogP) is 3.33. The van der Waals surface area contributed by atoms with Gasteiger partial charge in [-0.1, -0.05) is 30.3 Å². The largest absolute Gasteiger partial charge is 0.466 e. The lowest BCUT2D eigenvalue weighted by molar-refractivity contribution is -0.143. The highest BCUT2D eigenvalue weighted by atomic mass is 19.1. The van der Waals surface area contributed by atoms with Crippen LogP contribution >= 0.6 is 0 Å². The van der Waals surface area contributed by atoms with Crippen LogP contribution in [0.15, 0.2) is 42.5 Å². The van der Waals surface area contributed by atoms with Gasteiger partial charge < -0.3 is 10.5 Å². The van der Waals surface area contributed by atoms with Crippen LogP contribution in [0.3, 0.4) is 0 Å². The van der Waals surface area contributed by atoms with Gasteiger partial charge in [0.2, 0.25) is 5.91 Å². The fourth-order valence-corrected chi connectivity index (χ4v) is 2.86. The summed E-state index contributed by atoms with van der Waals surface area (Å²) in [6, 6.07) is 12.5. The number of ether oxygens (including phenoxy) is 1. The molecular weight excluding hydrogens is 333 g/mol. The minimum Gasteiger partial charge on any atom is -0.466 e. The van der Waals surface area contributed by atoms with Crippen molar-refractivity contribution in [1.29, 1.82) is 0 Å². The number of aryl methyl sites for hydroxylation is 2. The minimum atomic E-state index is -0.353. The summed E-state index contributed by atoms with van der Waals surface area (Å²) in [6.07, 6.45) is 2.24. The molecular formula is C21H24FNO3. The molecule has 0 aliphatic heterocycles. The van der Waals surface area contributed by atoms with Gasteiger partial charge in [0.25, 0.3) is 0 Å². The van der Waals surface area contributed by atoms with Crippen LogP contribution in [0.4, 0.5) is 4.39 Å². The Bertz CT molecular complexity index is 774. The second-order valence-electron chi connectivity index (χ2n) is 6.24. The highest BCUT2D eigenvalue weighted by Gasteiger charge is 2.08. The Labute approximate surface area is 153 Å². The molecule has 2 aromatic carbocycles. The van der Waals surface area contributed by atoms with Gasteiger partial charge in [0.1, 0.15) is 5.82 Å². The molecule has 0 radical (unpaired) electrons. The summed E-state index contributed by atoms with van der Waals surface area (Å²) < 4.78 is 18.4. The quantitative estimate of drug-likeness (QED) is 0.700. The van der Waals surface area contributed by atoms with Crippen LogP contribution in [0.5, 0.6) is 0 Å². The number of hydrogen-bond acceptors (Lipinski definition) is 3. The monoisotopic (exact) mass is 357 g/mol. The van der Waals surface area contributed by atoms with E-state index in [9.17, 15) is 14.0 Å². The number of esters is 1. The first-order valence-corrected chi connectivity index (χ1v) is 8.76. The van der Waals surface area contributed by atoms with Crippen molar-refractivity contribution in [3.05, 3.63) is 70.5 Å². The molecule has 0 aliphatic carbocycles. The highest BCUT2D eigenvalue weighted by Crippen LogP contribution is 2.18. The highest BCUT2D eigenvalue weighted by molar-refractivity contribution is 5.74. The van der Waals surface area contributed by atoms with Crippen molar-refractivity contribution >= 4 is 11.9 Å². The van der Waals surface area contributed by atoms with E-state index in [-0.39, 0.29) is 24.1 Å². The number of carbonyl (C=O) groups is 2. The summed E-state index contributed by atoms with van der Waals surface area (Å²) in [5, 5.41) is 0. The molecule has 4 nitrogen and oxygen atoms in total. The second-order valence-corrected chi connectivity index (χ2v) is 6.24. The van der Waals surface area contributed by atoms with Crippen LogP contribution in [0.25, 0.3) is 0 Å². The van der Waals surface area contributed by atoms with Gasteiger partial charge in [-0.3, -0.25) is 9.59 Å². The number of nitrogens with two attached hydrogens (primary N) is 1. The van der Waals surface area contributed by atoms with Gasteiger partial charge in [-0.15, -0.1) is 0 Å². The molecule has 138 valence electrons. The number of rotatable bonds is 9. The third kappa shape index (κ3) is 6.67. The van der Waals surface area contributed by atoms with Crippen LogP contribution in [0, 0.1) is 5.82 Å². The number of benzene rings is 2. The second kappa shape index (κ2) is 9.70. The number of halogens is 1. The van der Waals surface area contributed by atoms with E-state index < -0.39 is 0 Å². The van der Waals surface area contributed by atoms with E-state index in [0.717, 1.165) is 22.3 Å². The average Bonchev–Trinajstić information content (AvgIpc) is 2.58. The summed E-state index contributed by atoms with van der Waals surface area (Å²) in [4.78, 5) is 22.7. The van der Waals surface area contributed by atoms with Gasteiger partial charge in [-0.05, 0) is 60.6 Å². The molecule has 26 heavy (non-hydrogen) atoms. The van der Waals surface area contributed by atoms with Crippen molar-refractivity contribution in [3.63, 3.8) is 0 Å². The summed E-state index contributed by atoms with van der Waals surface area (Å²) in [5.41, 5.74) is 9.10. The summed E-state index contributed by atoms with van der Waals surface area (Å²) >= 11 is 0. The molecule has 0 aromatic heterocycles. The Balaban J connectivity index is 2.18. The molecule has 0 spiro atoms. The predicted molar refractivity (Wildman–Crippen MR) is 98.1 cm³/mol. The van der Waals surface area contributed by atoms with E-state index in [2.05, 4.69) is 0 Å². The van der Waals surface area contributed by atoms with Gasteiger partial charge in [-0.25, -0.2) is 4.39 Å². The lowest BCUT2D eigenvalue weighted by Gasteiger charge is -2.10. The third-order valence-corrected chi connectivity index (χ3v) is 3.99. The Morgan fingerprint density at radius 3 is 2.23 bits per heavy atom. The number of amides is 1. The van der Waals surface area contributed by atoms with E-state index in [4.69, 9.17) is 10.5 Å². The zero-order valence-electron chi connectivity index (χ0n) is 15.0. The molecule has 0 heterocycles. The number of primary amides is 1. The van der Waals surface area contributed by atoms with E-state index in [0.29, 0.717) is 32.3 Å². The first-order valence-electron chi connectivity index (χ1n) is 8.76. The molecule has 5 heteroatoms. The van der Waals surface area contributed by atoms with Crippen LogP contribution in [0.2, 0.25) is 0 Å². The number of hydrogen-bond donors (Lipinski definition) is 1. The lowest BCUT2D eigenvalue weighted by atomic mass is 9.96. The Morgan fingerprint density at radius 1 is 0.962 bits per heavy atom. The first kappa shape index (κ1) is 19.6.